The van der Waals surface area contributed by atoms with E-state index in [1.165, 1.54) is 17.4 Å². The molecule has 0 unspecified atom stereocenters. The standard InChI is InChI=1S/C15H15FN2O2S/c1-9-4-5-10(16)11(7-9)17-14(19)12-8-21-15(18-12)13-3-2-6-20-13/h4-5,7-8,13H,2-3,6H2,1H3,(H,17,19)/t13-/m0/s1. The van der Waals surface area contributed by atoms with Crippen molar-refractivity contribution in [1.82, 2.24) is 4.98 Å². The molecule has 1 aliphatic heterocycles. The first kappa shape index (κ1) is 14.2. The SMILES string of the molecule is Cc1ccc(F)c(NC(=O)c2csc([C@@H]3CCCO3)n2)c1. The molecule has 1 aromatic heterocycles. The second-order valence-corrected chi connectivity index (χ2v) is 5.90. The first-order chi connectivity index (χ1) is 10.1. The van der Waals surface area contributed by atoms with Crippen molar-refractivity contribution in [3.8, 4) is 0 Å². The number of thiazole rings is 1. The molecule has 1 fully saturated rings. The van der Waals surface area contributed by atoms with Crippen molar-refractivity contribution in [2.45, 2.75) is 25.9 Å². The number of ether oxygens (including phenoxy) is 1. The van der Waals surface area contributed by atoms with E-state index in [0.717, 1.165) is 30.0 Å². The first-order valence-electron chi connectivity index (χ1n) is 6.78. The maximum Gasteiger partial charge on any atom is 0.275 e. The summed E-state index contributed by atoms with van der Waals surface area (Å²) < 4.78 is 19.2. The molecule has 21 heavy (non-hydrogen) atoms. The molecule has 4 nitrogen and oxygen atoms in total. The summed E-state index contributed by atoms with van der Waals surface area (Å²) in [7, 11) is 0. The van der Waals surface area contributed by atoms with E-state index in [2.05, 4.69) is 10.3 Å². The summed E-state index contributed by atoms with van der Waals surface area (Å²) in [4.78, 5) is 16.4. The van der Waals surface area contributed by atoms with Crippen LogP contribution in [0, 0.1) is 12.7 Å². The lowest BCUT2D eigenvalue weighted by Crippen LogP contribution is -2.14. The minimum atomic E-state index is -0.455. The number of carbonyl (C=O) groups excluding carboxylic acids is 1. The number of amides is 1. The average molecular weight is 306 g/mol. The highest BCUT2D eigenvalue weighted by Gasteiger charge is 2.22. The minimum Gasteiger partial charge on any atom is -0.371 e. The number of benzene rings is 1. The Kier molecular flexibility index (Phi) is 3.98. The molecule has 1 atom stereocenters. The number of aryl methyl sites for hydroxylation is 1. The molecule has 0 saturated carbocycles. The van der Waals surface area contributed by atoms with Crippen LogP contribution < -0.4 is 5.32 Å². The quantitative estimate of drug-likeness (QED) is 0.941. The molecule has 6 heteroatoms. The van der Waals surface area contributed by atoms with Crippen molar-refractivity contribution in [3.63, 3.8) is 0 Å². The summed E-state index contributed by atoms with van der Waals surface area (Å²) in [6.45, 7) is 2.58. The molecule has 1 aromatic carbocycles. The highest BCUT2D eigenvalue weighted by atomic mass is 32.1. The van der Waals surface area contributed by atoms with Crippen LogP contribution in [-0.4, -0.2) is 17.5 Å². The fourth-order valence-corrected chi connectivity index (χ4v) is 3.11. The Bertz CT molecular complexity index is 665. The van der Waals surface area contributed by atoms with Crippen molar-refractivity contribution in [2.24, 2.45) is 0 Å². The van der Waals surface area contributed by atoms with Crippen LogP contribution in [0.2, 0.25) is 0 Å². The van der Waals surface area contributed by atoms with E-state index in [9.17, 15) is 9.18 Å². The van der Waals surface area contributed by atoms with Gasteiger partial charge < -0.3 is 10.1 Å². The summed E-state index contributed by atoms with van der Waals surface area (Å²) in [5, 5.41) is 5.05. The number of nitrogens with zero attached hydrogens (tertiary/aromatic N) is 1. The number of nitrogens with one attached hydrogen (secondary N) is 1. The van der Waals surface area contributed by atoms with Crippen LogP contribution in [0.25, 0.3) is 0 Å². The fraction of sp³-hybridized carbons (Fsp3) is 0.333. The van der Waals surface area contributed by atoms with Gasteiger partial charge in [0.05, 0.1) is 5.69 Å². The smallest absolute Gasteiger partial charge is 0.275 e. The third-order valence-electron chi connectivity index (χ3n) is 3.33. The maximum atomic E-state index is 13.6. The molecular formula is C15H15FN2O2S. The second-order valence-electron chi connectivity index (χ2n) is 5.01. The van der Waals surface area contributed by atoms with E-state index in [4.69, 9.17) is 4.74 Å². The highest BCUT2D eigenvalue weighted by Crippen LogP contribution is 2.30. The predicted molar refractivity (Wildman–Crippen MR) is 79.1 cm³/mol. The van der Waals surface area contributed by atoms with E-state index in [1.54, 1.807) is 17.5 Å². The zero-order valence-corrected chi connectivity index (χ0v) is 12.4. The van der Waals surface area contributed by atoms with Crippen molar-refractivity contribution >= 4 is 22.9 Å². The van der Waals surface area contributed by atoms with Crippen LogP contribution >= 0.6 is 11.3 Å². The Morgan fingerprint density at radius 1 is 1.52 bits per heavy atom. The van der Waals surface area contributed by atoms with Gasteiger partial charge in [-0.15, -0.1) is 11.3 Å². The molecule has 0 spiro atoms. The Hall–Kier alpha value is -1.79. The van der Waals surface area contributed by atoms with Crippen LogP contribution in [0.3, 0.4) is 0 Å². The van der Waals surface area contributed by atoms with E-state index < -0.39 is 11.7 Å². The number of hydrogen-bond donors (Lipinski definition) is 1. The number of halogens is 1. The minimum absolute atomic E-state index is 0.00717. The summed E-state index contributed by atoms with van der Waals surface area (Å²) in [5.41, 5.74) is 1.35. The van der Waals surface area contributed by atoms with Crippen LogP contribution in [0.1, 0.15) is 40.0 Å². The monoisotopic (exact) mass is 306 g/mol. The maximum absolute atomic E-state index is 13.6. The van der Waals surface area contributed by atoms with E-state index >= 15 is 0 Å². The number of carbonyl (C=O) groups is 1. The van der Waals surface area contributed by atoms with Gasteiger partial charge in [-0.2, -0.15) is 0 Å². The zero-order chi connectivity index (χ0) is 14.8. The summed E-state index contributed by atoms with van der Waals surface area (Å²) in [6, 6.07) is 4.59. The number of hydrogen-bond acceptors (Lipinski definition) is 4. The molecule has 110 valence electrons. The normalized spacial score (nSPS) is 17.9. The van der Waals surface area contributed by atoms with Crippen molar-refractivity contribution in [3.05, 3.63) is 45.7 Å². The van der Waals surface area contributed by atoms with E-state index in [1.807, 2.05) is 6.92 Å². The molecule has 2 aromatic rings. The Morgan fingerprint density at radius 3 is 3.14 bits per heavy atom. The second kappa shape index (κ2) is 5.91. The van der Waals surface area contributed by atoms with Gasteiger partial charge in [0.1, 0.15) is 22.6 Å². The topological polar surface area (TPSA) is 51.2 Å². The van der Waals surface area contributed by atoms with Gasteiger partial charge in [-0.25, -0.2) is 9.37 Å². The van der Waals surface area contributed by atoms with Crippen LogP contribution in [0.5, 0.6) is 0 Å². The lowest BCUT2D eigenvalue weighted by molar-refractivity contribution is 0.101. The van der Waals surface area contributed by atoms with Gasteiger partial charge in [0.25, 0.3) is 5.91 Å². The fourth-order valence-electron chi connectivity index (χ4n) is 2.23. The molecule has 2 heterocycles. The van der Waals surface area contributed by atoms with Gasteiger partial charge in [-0.1, -0.05) is 6.07 Å². The zero-order valence-electron chi connectivity index (χ0n) is 11.6. The molecule has 0 radical (unpaired) electrons. The van der Waals surface area contributed by atoms with Crippen molar-refractivity contribution in [2.75, 3.05) is 11.9 Å². The van der Waals surface area contributed by atoms with E-state index in [0.29, 0.717) is 5.69 Å². The summed E-state index contributed by atoms with van der Waals surface area (Å²) in [5.74, 6) is -0.858. The first-order valence-corrected chi connectivity index (χ1v) is 7.66. The van der Waals surface area contributed by atoms with Crippen molar-refractivity contribution < 1.29 is 13.9 Å². The number of anilines is 1. The molecule has 1 amide bonds. The molecule has 3 rings (SSSR count). The van der Waals surface area contributed by atoms with E-state index in [-0.39, 0.29) is 11.8 Å². The largest absolute Gasteiger partial charge is 0.371 e. The third kappa shape index (κ3) is 3.11. The molecule has 0 aliphatic carbocycles. The molecule has 0 bridgehead atoms. The van der Waals surface area contributed by atoms with Gasteiger partial charge in [0.15, 0.2) is 0 Å². The molecule has 1 N–H and O–H groups in total. The van der Waals surface area contributed by atoms with Gasteiger partial charge in [-0.3, -0.25) is 4.79 Å². The average Bonchev–Trinajstić information content (AvgIpc) is 3.12. The number of rotatable bonds is 3. The van der Waals surface area contributed by atoms with Gasteiger partial charge in [0, 0.05) is 12.0 Å². The van der Waals surface area contributed by atoms with Gasteiger partial charge in [0.2, 0.25) is 0 Å². The summed E-state index contributed by atoms with van der Waals surface area (Å²) >= 11 is 1.40. The van der Waals surface area contributed by atoms with Gasteiger partial charge >= 0.3 is 0 Å². The Balaban J connectivity index is 1.74. The predicted octanol–water partition coefficient (Wildman–Crippen LogP) is 3.69. The summed E-state index contributed by atoms with van der Waals surface area (Å²) in [6.07, 6.45) is 1.94. The lowest BCUT2D eigenvalue weighted by atomic mass is 10.2. The van der Waals surface area contributed by atoms with Crippen LogP contribution in [0.4, 0.5) is 10.1 Å². The Morgan fingerprint density at radius 2 is 2.38 bits per heavy atom. The van der Waals surface area contributed by atoms with Crippen LogP contribution in [-0.2, 0) is 4.74 Å². The van der Waals surface area contributed by atoms with Gasteiger partial charge in [-0.05, 0) is 37.5 Å². The molecule has 1 saturated heterocycles. The third-order valence-corrected chi connectivity index (χ3v) is 4.27. The number of aromatic nitrogens is 1. The highest BCUT2D eigenvalue weighted by molar-refractivity contribution is 7.09. The van der Waals surface area contributed by atoms with Crippen molar-refractivity contribution in [1.29, 1.82) is 0 Å². The molecular weight excluding hydrogens is 291 g/mol. The lowest BCUT2D eigenvalue weighted by Gasteiger charge is -2.06. The Labute approximate surface area is 126 Å². The molecule has 1 aliphatic rings. The van der Waals surface area contributed by atoms with Crippen LogP contribution in [0.15, 0.2) is 23.6 Å².